The highest BCUT2D eigenvalue weighted by Crippen LogP contribution is 2.08. The molecule has 0 fully saturated rings. The summed E-state index contributed by atoms with van der Waals surface area (Å²) in [6.45, 7) is 2.13. The quantitative estimate of drug-likeness (QED) is 0.620. The number of aryl methyl sites for hydroxylation is 1. The lowest BCUT2D eigenvalue weighted by Gasteiger charge is -1.90. The second-order valence-corrected chi connectivity index (χ2v) is 2.57. The second kappa shape index (κ2) is 3.96. The third-order valence-corrected chi connectivity index (χ3v) is 1.59. The van der Waals surface area contributed by atoms with Gasteiger partial charge in [0.05, 0.1) is 5.56 Å². The number of furan rings is 1. The monoisotopic (exact) mass is 152 g/mol. The van der Waals surface area contributed by atoms with E-state index < -0.39 is 0 Å². The molecule has 0 bridgehead atoms. The summed E-state index contributed by atoms with van der Waals surface area (Å²) in [5, 5.41) is 0. The summed E-state index contributed by atoms with van der Waals surface area (Å²) >= 11 is 0. The van der Waals surface area contributed by atoms with Gasteiger partial charge < -0.3 is 4.42 Å². The van der Waals surface area contributed by atoms with E-state index in [4.69, 9.17) is 4.42 Å². The number of aldehydes is 1. The standard InChI is InChI=1S/C9H12O2/c1-2-3-4-9-5-8(6-10)7-11-9/h5-7H,2-4H2,1H3. The summed E-state index contributed by atoms with van der Waals surface area (Å²) in [6, 6.07) is 1.79. The van der Waals surface area contributed by atoms with Gasteiger partial charge in [-0.25, -0.2) is 0 Å². The number of rotatable bonds is 4. The molecule has 0 amide bonds. The fraction of sp³-hybridized carbons (Fsp3) is 0.444. The predicted octanol–water partition coefficient (Wildman–Crippen LogP) is 2.43. The average molecular weight is 152 g/mol. The van der Waals surface area contributed by atoms with Gasteiger partial charge in [-0.2, -0.15) is 0 Å². The van der Waals surface area contributed by atoms with E-state index in [9.17, 15) is 4.79 Å². The van der Waals surface area contributed by atoms with Gasteiger partial charge in [-0.3, -0.25) is 4.79 Å². The zero-order chi connectivity index (χ0) is 8.10. The fourth-order valence-electron chi connectivity index (χ4n) is 0.942. The summed E-state index contributed by atoms with van der Waals surface area (Å²) in [5.41, 5.74) is 0.635. The Balaban J connectivity index is 2.51. The van der Waals surface area contributed by atoms with Crippen LogP contribution < -0.4 is 0 Å². The Kier molecular flexibility index (Phi) is 2.90. The van der Waals surface area contributed by atoms with Crippen molar-refractivity contribution in [2.24, 2.45) is 0 Å². The van der Waals surface area contributed by atoms with E-state index in [1.54, 1.807) is 6.07 Å². The van der Waals surface area contributed by atoms with Gasteiger partial charge in [0, 0.05) is 6.42 Å². The number of carbonyl (C=O) groups is 1. The molecule has 11 heavy (non-hydrogen) atoms. The normalized spacial score (nSPS) is 9.91. The molecule has 0 unspecified atom stereocenters. The van der Waals surface area contributed by atoms with E-state index in [0.717, 1.165) is 31.3 Å². The maximum atomic E-state index is 10.2. The molecule has 1 heterocycles. The van der Waals surface area contributed by atoms with E-state index in [1.165, 1.54) is 6.26 Å². The Bertz CT molecular complexity index is 225. The maximum Gasteiger partial charge on any atom is 0.153 e. The van der Waals surface area contributed by atoms with Gasteiger partial charge in [-0.1, -0.05) is 13.3 Å². The van der Waals surface area contributed by atoms with Crippen LogP contribution in [-0.4, -0.2) is 6.29 Å². The number of hydrogen-bond acceptors (Lipinski definition) is 2. The van der Waals surface area contributed by atoms with Crippen molar-refractivity contribution in [1.82, 2.24) is 0 Å². The summed E-state index contributed by atoms with van der Waals surface area (Å²) in [6.07, 6.45) is 5.50. The number of hydrogen-bond donors (Lipinski definition) is 0. The number of unbranched alkanes of at least 4 members (excludes halogenated alkanes) is 1. The molecule has 0 saturated heterocycles. The molecule has 60 valence electrons. The van der Waals surface area contributed by atoms with Crippen LogP contribution in [0.3, 0.4) is 0 Å². The van der Waals surface area contributed by atoms with E-state index in [-0.39, 0.29) is 0 Å². The van der Waals surface area contributed by atoms with Gasteiger partial charge in [0.15, 0.2) is 6.29 Å². The minimum atomic E-state index is 0.635. The van der Waals surface area contributed by atoms with E-state index >= 15 is 0 Å². The molecular weight excluding hydrogens is 140 g/mol. The maximum absolute atomic E-state index is 10.2. The Morgan fingerprint density at radius 3 is 3.00 bits per heavy atom. The first-order chi connectivity index (χ1) is 5.36. The molecule has 1 aromatic heterocycles. The van der Waals surface area contributed by atoms with Crippen molar-refractivity contribution in [3.8, 4) is 0 Å². The van der Waals surface area contributed by atoms with Crippen molar-refractivity contribution in [1.29, 1.82) is 0 Å². The van der Waals surface area contributed by atoms with Crippen LogP contribution in [0.4, 0.5) is 0 Å². The van der Waals surface area contributed by atoms with Crippen LogP contribution in [0.2, 0.25) is 0 Å². The molecule has 0 aromatic carbocycles. The van der Waals surface area contributed by atoms with Crippen molar-refractivity contribution >= 4 is 6.29 Å². The van der Waals surface area contributed by atoms with Crippen LogP contribution in [0.5, 0.6) is 0 Å². The second-order valence-electron chi connectivity index (χ2n) is 2.57. The van der Waals surface area contributed by atoms with E-state index in [0.29, 0.717) is 5.56 Å². The Morgan fingerprint density at radius 1 is 1.64 bits per heavy atom. The molecule has 2 heteroatoms. The minimum Gasteiger partial charge on any atom is -0.469 e. The lowest BCUT2D eigenvalue weighted by atomic mass is 10.2. The molecular formula is C9H12O2. The number of carbonyl (C=O) groups excluding carboxylic acids is 1. The van der Waals surface area contributed by atoms with Gasteiger partial charge >= 0.3 is 0 Å². The van der Waals surface area contributed by atoms with Crippen molar-refractivity contribution in [3.63, 3.8) is 0 Å². The van der Waals surface area contributed by atoms with Crippen molar-refractivity contribution < 1.29 is 9.21 Å². The first-order valence-corrected chi connectivity index (χ1v) is 3.89. The Labute approximate surface area is 66.2 Å². The third-order valence-electron chi connectivity index (χ3n) is 1.59. The van der Waals surface area contributed by atoms with Gasteiger partial charge in [-0.15, -0.1) is 0 Å². The summed E-state index contributed by atoms with van der Waals surface area (Å²) in [4.78, 5) is 10.2. The zero-order valence-electron chi connectivity index (χ0n) is 6.67. The Hall–Kier alpha value is -1.05. The first kappa shape index (κ1) is 8.05. The lowest BCUT2D eigenvalue weighted by Crippen LogP contribution is -1.79. The molecule has 0 radical (unpaired) electrons. The molecule has 0 aliphatic carbocycles. The zero-order valence-corrected chi connectivity index (χ0v) is 6.67. The molecule has 0 atom stereocenters. The van der Waals surface area contributed by atoms with E-state index in [1.807, 2.05) is 0 Å². The van der Waals surface area contributed by atoms with Crippen molar-refractivity contribution in [3.05, 3.63) is 23.7 Å². The fourth-order valence-corrected chi connectivity index (χ4v) is 0.942. The summed E-state index contributed by atoms with van der Waals surface area (Å²) in [7, 11) is 0. The van der Waals surface area contributed by atoms with Crippen LogP contribution >= 0.6 is 0 Å². The largest absolute Gasteiger partial charge is 0.469 e. The van der Waals surface area contributed by atoms with Gasteiger partial charge in [0.25, 0.3) is 0 Å². The molecule has 1 rings (SSSR count). The van der Waals surface area contributed by atoms with Crippen LogP contribution in [0, 0.1) is 0 Å². The van der Waals surface area contributed by atoms with Crippen LogP contribution in [0.25, 0.3) is 0 Å². The third kappa shape index (κ3) is 2.22. The Morgan fingerprint density at radius 2 is 2.45 bits per heavy atom. The first-order valence-electron chi connectivity index (χ1n) is 3.89. The van der Waals surface area contributed by atoms with Crippen LogP contribution in [-0.2, 0) is 6.42 Å². The molecule has 1 aromatic rings. The molecule has 2 nitrogen and oxygen atoms in total. The van der Waals surface area contributed by atoms with Gasteiger partial charge in [-0.05, 0) is 12.5 Å². The smallest absolute Gasteiger partial charge is 0.153 e. The van der Waals surface area contributed by atoms with Gasteiger partial charge in [0.2, 0.25) is 0 Å². The predicted molar refractivity (Wildman–Crippen MR) is 42.7 cm³/mol. The SMILES string of the molecule is CCCCc1cc(C=O)co1. The van der Waals surface area contributed by atoms with Crippen molar-refractivity contribution in [2.75, 3.05) is 0 Å². The summed E-state index contributed by atoms with van der Waals surface area (Å²) in [5.74, 6) is 0.911. The highest BCUT2D eigenvalue weighted by atomic mass is 16.3. The molecule has 0 N–H and O–H groups in total. The van der Waals surface area contributed by atoms with E-state index in [2.05, 4.69) is 6.92 Å². The minimum absolute atomic E-state index is 0.635. The topological polar surface area (TPSA) is 30.2 Å². The van der Waals surface area contributed by atoms with Crippen LogP contribution in [0.1, 0.15) is 35.9 Å². The molecule has 0 aliphatic heterocycles. The summed E-state index contributed by atoms with van der Waals surface area (Å²) < 4.78 is 5.13. The molecule has 0 aliphatic rings. The highest BCUT2D eigenvalue weighted by Gasteiger charge is 1.98. The lowest BCUT2D eigenvalue weighted by molar-refractivity contribution is 0.112. The van der Waals surface area contributed by atoms with Gasteiger partial charge in [0.1, 0.15) is 12.0 Å². The molecule has 0 saturated carbocycles. The molecule has 0 spiro atoms. The average Bonchev–Trinajstić information content (AvgIpc) is 2.48. The van der Waals surface area contributed by atoms with Crippen LogP contribution in [0.15, 0.2) is 16.7 Å². The van der Waals surface area contributed by atoms with Crippen molar-refractivity contribution in [2.45, 2.75) is 26.2 Å². The highest BCUT2D eigenvalue weighted by molar-refractivity contribution is 5.74.